The topological polar surface area (TPSA) is 39.2 Å². The molecule has 4 heteroatoms. The molecule has 3 nitrogen and oxygen atoms in total. The summed E-state index contributed by atoms with van der Waals surface area (Å²) < 4.78 is 5.22. The highest BCUT2D eigenvalue weighted by molar-refractivity contribution is 5.97. The van der Waals surface area contributed by atoms with Crippen LogP contribution >= 0.6 is 12.4 Å². The van der Waals surface area contributed by atoms with Gasteiger partial charge in [0, 0.05) is 37.1 Å². The number of hydrogen-bond acceptors (Lipinski definition) is 3. The predicted molar refractivity (Wildman–Crippen MR) is 59.4 cm³/mol. The molecule has 0 saturated carbocycles. The van der Waals surface area contributed by atoms with Gasteiger partial charge >= 0.3 is 0 Å². The molecule has 2 heterocycles. The van der Waals surface area contributed by atoms with Gasteiger partial charge in [-0.05, 0) is 25.0 Å². The molecule has 0 N–H and O–H groups in total. The molecular formula is C11H14ClNO2. The van der Waals surface area contributed by atoms with Crippen molar-refractivity contribution in [2.24, 2.45) is 5.92 Å². The Balaban J connectivity index is 0.00000112. The third-order valence-corrected chi connectivity index (χ3v) is 2.54. The predicted octanol–water partition coefficient (Wildman–Crippen LogP) is 2.11. The van der Waals surface area contributed by atoms with Crippen LogP contribution in [-0.2, 0) is 4.74 Å². The van der Waals surface area contributed by atoms with Gasteiger partial charge in [-0.1, -0.05) is 0 Å². The zero-order valence-corrected chi connectivity index (χ0v) is 9.20. The first-order chi connectivity index (χ1) is 6.88. The van der Waals surface area contributed by atoms with Crippen molar-refractivity contribution in [1.29, 1.82) is 0 Å². The van der Waals surface area contributed by atoms with Crippen LogP contribution in [-0.4, -0.2) is 24.0 Å². The van der Waals surface area contributed by atoms with E-state index in [-0.39, 0.29) is 24.1 Å². The summed E-state index contributed by atoms with van der Waals surface area (Å²) in [4.78, 5) is 15.9. The molecule has 82 valence electrons. The first kappa shape index (κ1) is 12.1. The zero-order valence-electron chi connectivity index (χ0n) is 8.39. The Kier molecular flexibility index (Phi) is 4.72. The number of carbonyl (C=O) groups excluding carboxylic acids is 1. The number of nitrogens with zero attached hydrogens (tertiary/aromatic N) is 1. The minimum atomic E-state index is 0. The summed E-state index contributed by atoms with van der Waals surface area (Å²) >= 11 is 0. The van der Waals surface area contributed by atoms with Crippen LogP contribution in [0.2, 0.25) is 0 Å². The monoisotopic (exact) mass is 227 g/mol. The summed E-state index contributed by atoms with van der Waals surface area (Å²) in [7, 11) is 0. The SMILES string of the molecule is Cl.O=C(c1cccnc1)C1CCOCC1. The number of ether oxygens (including phenoxy) is 1. The second kappa shape index (κ2) is 5.83. The number of ketones is 1. The lowest BCUT2D eigenvalue weighted by atomic mass is 9.92. The summed E-state index contributed by atoms with van der Waals surface area (Å²) in [5, 5.41) is 0. The summed E-state index contributed by atoms with van der Waals surface area (Å²) in [5.41, 5.74) is 0.722. The van der Waals surface area contributed by atoms with Crippen molar-refractivity contribution in [1.82, 2.24) is 4.98 Å². The van der Waals surface area contributed by atoms with E-state index in [1.807, 2.05) is 6.07 Å². The van der Waals surface area contributed by atoms with Crippen molar-refractivity contribution in [3.8, 4) is 0 Å². The highest BCUT2D eigenvalue weighted by Gasteiger charge is 2.22. The third kappa shape index (κ3) is 3.01. The summed E-state index contributed by atoms with van der Waals surface area (Å²) in [5.74, 6) is 0.342. The molecule has 1 aromatic rings. The van der Waals surface area contributed by atoms with Gasteiger partial charge in [-0.15, -0.1) is 12.4 Å². The molecule has 0 spiro atoms. The Bertz CT molecular complexity index is 310. The minimum Gasteiger partial charge on any atom is -0.381 e. The van der Waals surface area contributed by atoms with E-state index in [2.05, 4.69) is 4.98 Å². The molecule has 0 radical (unpaired) electrons. The van der Waals surface area contributed by atoms with Crippen molar-refractivity contribution >= 4 is 18.2 Å². The van der Waals surface area contributed by atoms with Gasteiger partial charge in [0.15, 0.2) is 5.78 Å². The van der Waals surface area contributed by atoms with E-state index in [9.17, 15) is 4.79 Å². The van der Waals surface area contributed by atoms with E-state index in [1.165, 1.54) is 0 Å². The molecule has 1 aliphatic heterocycles. The van der Waals surface area contributed by atoms with Gasteiger partial charge in [0.2, 0.25) is 0 Å². The second-order valence-corrected chi connectivity index (χ2v) is 3.49. The number of aromatic nitrogens is 1. The van der Waals surface area contributed by atoms with Gasteiger partial charge in [-0.25, -0.2) is 0 Å². The lowest BCUT2D eigenvalue weighted by Crippen LogP contribution is -2.23. The first-order valence-corrected chi connectivity index (χ1v) is 4.90. The molecule has 0 unspecified atom stereocenters. The molecule has 0 bridgehead atoms. The Morgan fingerprint density at radius 1 is 1.40 bits per heavy atom. The van der Waals surface area contributed by atoms with Crippen LogP contribution < -0.4 is 0 Å². The van der Waals surface area contributed by atoms with Crippen LogP contribution in [0.25, 0.3) is 0 Å². The molecule has 2 rings (SSSR count). The van der Waals surface area contributed by atoms with Crippen molar-refractivity contribution in [2.75, 3.05) is 13.2 Å². The van der Waals surface area contributed by atoms with E-state index in [4.69, 9.17) is 4.74 Å². The highest BCUT2D eigenvalue weighted by atomic mass is 35.5. The fourth-order valence-electron chi connectivity index (χ4n) is 1.70. The first-order valence-electron chi connectivity index (χ1n) is 4.90. The third-order valence-electron chi connectivity index (χ3n) is 2.54. The Morgan fingerprint density at radius 3 is 2.73 bits per heavy atom. The summed E-state index contributed by atoms with van der Waals surface area (Å²) in [6.45, 7) is 1.41. The fourth-order valence-corrected chi connectivity index (χ4v) is 1.70. The molecule has 0 atom stereocenters. The van der Waals surface area contributed by atoms with Crippen LogP contribution in [0, 0.1) is 5.92 Å². The quantitative estimate of drug-likeness (QED) is 0.727. The minimum absolute atomic E-state index is 0. The average molecular weight is 228 g/mol. The lowest BCUT2D eigenvalue weighted by Gasteiger charge is -2.20. The van der Waals surface area contributed by atoms with Crippen molar-refractivity contribution in [3.05, 3.63) is 30.1 Å². The van der Waals surface area contributed by atoms with Crippen molar-refractivity contribution < 1.29 is 9.53 Å². The van der Waals surface area contributed by atoms with E-state index < -0.39 is 0 Å². The largest absolute Gasteiger partial charge is 0.381 e. The fraction of sp³-hybridized carbons (Fsp3) is 0.455. The Morgan fingerprint density at radius 2 is 2.13 bits per heavy atom. The highest BCUT2D eigenvalue weighted by Crippen LogP contribution is 2.19. The number of rotatable bonds is 2. The number of pyridine rings is 1. The van der Waals surface area contributed by atoms with E-state index in [0.717, 1.165) is 18.4 Å². The Labute approximate surface area is 95.3 Å². The number of halogens is 1. The lowest BCUT2D eigenvalue weighted by molar-refractivity contribution is 0.0544. The smallest absolute Gasteiger partial charge is 0.167 e. The molecule has 1 aromatic heterocycles. The molecule has 0 aromatic carbocycles. The van der Waals surface area contributed by atoms with Gasteiger partial charge in [0.05, 0.1) is 0 Å². The van der Waals surface area contributed by atoms with Crippen LogP contribution in [0.3, 0.4) is 0 Å². The van der Waals surface area contributed by atoms with Gasteiger partial charge in [-0.2, -0.15) is 0 Å². The molecule has 1 saturated heterocycles. The maximum absolute atomic E-state index is 11.9. The summed E-state index contributed by atoms with van der Waals surface area (Å²) in [6.07, 6.45) is 5.00. The maximum atomic E-state index is 11.9. The van der Waals surface area contributed by atoms with Gasteiger partial charge in [0.1, 0.15) is 0 Å². The second-order valence-electron chi connectivity index (χ2n) is 3.49. The van der Waals surface area contributed by atoms with E-state index in [1.54, 1.807) is 18.5 Å². The molecular weight excluding hydrogens is 214 g/mol. The standard InChI is InChI=1S/C11H13NO2.ClH/c13-11(9-3-6-14-7-4-9)10-2-1-5-12-8-10;/h1-2,5,8-9H,3-4,6-7H2;1H. The van der Waals surface area contributed by atoms with Gasteiger partial charge < -0.3 is 4.74 Å². The van der Waals surface area contributed by atoms with Gasteiger partial charge in [0.25, 0.3) is 0 Å². The summed E-state index contributed by atoms with van der Waals surface area (Å²) in [6, 6.07) is 3.62. The normalized spacial score (nSPS) is 16.8. The molecule has 1 fully saturated rings. The zero-order chi connectivity index (χ0) is 9.80. The van der Waals surface area contributed by atoms with Crippen LogP contribution in [0.15, 0.2) is 24.5 Å². The van der Waals surface area contributed by atoms with Crippen LogP contribution in [0.1, 0.15) is 23.2 Å². The molecule has 1 aliphatic rings. The van der Waals surface area contributed by atoms with Crippen molar-refractivity contribution in [2.45, 2.75) is 12.8 Å². The number of Topliss-reactive ketones (excluding diaryl/α,β-unsaturated/α-hetero) is 1. The molecule has 0 amide bonds. The number of carbonyl (C=O) groups is 1. The van der Waals surface area contributed by atoms with Crippen LogP contribution in [0.5, 0.6) is 0 Å². The molecule has 15 heavy (non-hydrogen) atoms. The van der Waals surface area contributed by atoms with E-state index in [0.29, 0.717) is 13.2 Å². The molecule has 0 aliphatic carbocycles. The Hall–Kier alpha value is -0.930. The maximum Gasteiger partial charge on any atom is 0.167 e. The van der Waals surface area contributed by atoms with E-state index >= 15 is 0 Å². The van der Waals surface area contributed by atoms with Crippen molar-refractivity contribution in [3.63, 3.8) is 0 Å². The van der Waals surface area contributed by atoms with Crippen LogP contribution in [0.4, 0.5) is 0 Å². The number of hydrogen-bond donors (Lipinski definition) is 0. The van der Waals surface area contributed by atoms with Gasteiger partial charge in [-0.3, -0.25) is 9.78 Å². The average Bonchev–Trinajstić information content (AvgIpc) is 2.30.